The fraction of sp³-hybridized carbons (Fsp3) is 0.375. The van der Waals surface area contributed by atoms with Gasteiger partial charge in [0.1, 0.15) is 17.6 Å². The molecule has 0 N–H and O–H groups in total. The van der Waals surface area contributed by atoms with Crippen LogP contribution in [0.5, 0.6) is 0 Å². The van der Waals surface area contributed by atoms with Crippen LogP contribution in [-0.2, 0) is 20.8 Å². The Hall–Kier alpha value is -4.07. The van der Waals surface area contributed by atoms with Gasteiger partial charge in [-0.15, -0.1) is 0 Å². The molecule has 0 amide bonds. The van der Waals surface area contributed by atoms with Crippen molar-refractivity contribution in [3.05, 3.63) is 82.8 Å². The quantitative estimate of drug-likeness (QED) is 0.262. The number of methoxy groups -OCH3 is 1. The minimum absolute atomic E-state index is 0.00496. The third-order valence-corrected chi connectivity index (χ3v) is 7.98. The number of pyridine rings is 1. The average molecular weight is 545 g/mol. The molecule has 2 atom stereocenters. The van der Waals surface area contributed by atoms with E-state index in [1.165, 1.54) is 19.2 Å². The number of fused-ring (bicyclic) bond motifs is 1. The lowest BCUT2D eigenvalue weighted by atomic mass is 9.80. The summed E-state index contributed by atoms with van der Waals surface area (Å²) in [4.78, 5) is 48.0. The van der Waals surface area contributed by atoms with Gasteiger partial charge in [0.2, 0.25) is 0 Å². The van der Waals surface area contributed by atoms with Gasteiger partial charge in [-0.2, -0.15) is 0 Å². The van der Waals surface area contributed by atoms with Gasteiger partial charge in [0.15, 0.2) is 5.78 Å². The van der Waals surface area contributed by atoms with Crippen molar-refractivity contribution in [1.29, 1.82) is 0 Å². The maximum atomic E-state index is 14.3. The number of Topliss-reactive ketones (excluding diaryl/α,β-unsaturated/α-hetero) is 1. The molecule has 0 radical (unpaired) electrons. The van der Waals surface area contributed by atoms with E-state index in [0.717, 1.165) is 31.2 Å². The first-order valence-electron chi connectivity index (χ1n) is 13.8. The highest BCUT2D eigenvalue weighted by molar-refractivity contribution is 6.19. The smallest absolute Gasteiger partial charge is 0.340 e. The van der Waals surface area contributed by atoms with Crippen molar-refractivity contribution in [3.8, 4) is 11.1 Å². The van der Waals surface area contributed by atoms with Crippen LogP contribution in [0, 0.1) is 11.7 Å². The highest BCUT2D eigenvalue weighted by atomic mass is 19.1. The predicted molar refractivity (Wildman–Crippen MR) is 149 cm³/mol. The molecule has 0 spiro atoms. The molecule has 3 aromatic rings. The number of carbonyl (C=O) groups is 3. The van der Waals surface area contributed by atoms with Gasteiger partial charge in [-0.05, 0) is 49.9 Å². The number of nitrogens with zero attached hydrogens (tertiary/aromatic N) is 2. The topological polar surface area (TPSA) is 85.8 Å². The number of benzene rings is 2. The van der Waals surface area contributed by atoms with E-state index in [1.807, 2.05) is 42.2 Å². The number of hydrogen-bond donors (Lipinski definition) is 0. The Morgan fingerprint density at radius 1 is 1.02 bits per heavy atom. The lowest BCUT2D eigenvalue weighted by Crippen LogP contribution is -2.51. The van der Waals surface area contributed by atoms with Crippen LogP contribution in [0.4, 0.5) is 10.2 Å². The van der Waals surface area contributed by atoms with Crippen LogP contribution < -0.4 is 4.90 Å². The lowest BCUT2D eigenvalue weighted by Gasteiger charge is -2.41. The van der Waals surface area contributed by atoms with E-state index in [1.54, 1.807) is 19.1 Å². The normalized spacial score (nSPS) is 18.9. The summed E-state index contributed by atoms with van der Waals surface area (Å²) in [6.07, 6.45) is 3.71. The summed E-state index contributed by atoms with van der Waals surface area (Å²) in [5.74, 6) is -2.89. The SMILES string of the molecule is CCOC(=O)C1C(=O)c2c(nc(C3CCCC3)c(C(=O)OC)c2-c2ccc(F)cc2)N(Cc2ccccc2)C1C. The molecule has 1 fully saturated rings. The minimum atomic E-state index is -1.14. The van der Waals surface area contributed by atoms with Gasteiger partial charge < -0.3 is 14.4 Å². The Bertz CT molecular complexity index is 1420. The highest BCUT2D eigenvalue weighted by Crippen LogP contribution is 2.46. The monoisotopic (exact) mass is 544 g/mol. The number of rotatable bonds is 7. The molecule has 0 saturated heterocycles. The molecule has 5 rings (SSSR count). The van der Waals surface area contributed by atoms with Crippen molar-refractivity contribution in [3.63, 3.8) is 0 Å². The van der Waals surface area contributed by atoms with Crippen LogP contribution >= 0.6 is 0 Å². The number of anilines is 1. The van der Waals surface area contributed by atoms with Crippen LogP contribution in [0.3, 0.4) is 0 Å². The molecule has 208 valence electrons. The van der Waals surface area contributed by atoms with E-state index < -0.39 is 35.5 Å². The zero-order valence-corrected chi connectivity index (χ0v) is 23.0. The van der Waals surface area contributed by atoms with E-state index in [9.17, 15) is 18.8 Å². The molecule has 0 bridgehead atoms. The van der Waals surface area contributed by atoms with Crippen molar-refractivity contribution in [2.75, 3.05) is 18.6 Å². The molecule has 2 aromatic carbocycles. The summed E-state index contributed by atoms with van der Waals surface area (Å²) in [7, 11) is 1.29. The van der Waals surface area contributed by atoms with Gasteiger partial charge in [-0.1, -0.05) is 55.3 Å². The highest BCUT2D eigenvalue weighted by Gasteiger charge is 2.47. The van der Waals surface area contributed by atoms with E-state index in [4.69, 9.17) is 14.5 Å². The Kier molecular flexibility index (Phi) is 7.96. The van der Waals surface area contributed by atoms with Crippen molar-refractivity contribution >= 4 is 23.5 Å². The summed E-state index contributed by atoms with van der Waals surface area (Å²) in [5.41, 5.74) is 2.70. The fourth-order valence-electron chi connectivity index (χ4n) is 6.02. The number of halogens is 1. The molecule has 1 aliphatic carbocycles. The zero-order valence-electron chi connectivity index (χ0n) is 23.0. The van der Waals surface area contributed by atoms with Crippen LogP contribution in [0.25, 0.3) is 11.1 Å². The van der Waals surface area contributed by atoms with Gasteiger partial charge in [0, 0.05) is 24.1 Å². The molecule has 1 aromatic heterocycles. The molecule has 2 unspecified atom stereocenters. The van der Waals surface area contributed by atoms with Crippen LogP contribution in [0.2, 0.25) is 0 Å². The molecule has 2 heterocycles. The number of esters is 2. The van der Waals surface area contributed by atoms with Gasteiger partial charge in [0.25, 0.3) is 0 Å². The first kappa shape index (κ1) is 27.5. The van der Waals surface area contributed by atoms with Gasteiger partial charge in [-0.25, -0.2) is 14.2 Å². The largest absolute Gasteiger partial charge is 0.465 e. The summed E-state index contributed by atoms with van der Waals surface area (Å²) < 4.78 is 24.6. The summed E-state index contributed by atoms with van der Waals surface area (Å²) in [6, 6.07) is 14.8. The second-order valence-corrected chi connectivity index (χ2v) is 10.4. The van der Waals surface area contributed by atoms with E-state index in [2.05, 4.69) is 0 Å². The number of hydrogen-bond acceptors (Lipinski definition) is 7. The molecule has 2 aliphatic rings. The zero-order chi connectivity index (χ0) is 28.4. The first-order chi connectivity index (χ1) is 19.3. The second kappa shape index (κ2) is 11.6. The van der Waals surface area contributed by atoms with Crippen molar-refractivity contribution in [2.24, 2.45) is 5.92 Å². The molecule has 8 heteroatoms. The van der Waals surface area contributed by atoms with Crippen LogP contribution in [-0.4, -0.2) is 42.5 Å². The minimum Gasteiger partial charge on any atom is -0.465 e. The number of ether oxygens (including phenoxy) is 2. The number of ketones is 1. The number of aromatic nitrogens is 1. The van der Waals surface area contributed by atoms with Crippen molar-refractivity contribution in [1.82, 2.24) is 4.98 Å². The summed E-state index contributed by atoms with van der Waals surface area (Å²) in [6.45, 7) is 4.03. The summed E-state index contributed by atoms with van der Waals surface area (Å²) in [5, 5.41) is 0. The Morgan fingerprint density at radius 3 is 2.33 bits per heavy atom. The van der Waals surface area contributed by atoms with Crippen molar-refractivity contribution in [2.45, 2.75) is 58.0 Å². The molecular formula is C32H33FN2O5. The third-order valence-electron chi connectivity index (χ3n) is 7.98. The van der Waals surface area contributed by atoms with Crippen LogP contribution in [0.1, 0.15) is 77.4 Å². The fourth-order valence-corrected chi connectivity index (χ4v) is 6.02. The van der Waals surface area contributed by atoms with Crippen molar-refractivity contribution < 1.29 is 28.2 Å². The Balaban J connectivity index is 1.85. The maximum absolute atomic E-state index is 14.3. The molecule has 1 saturated carbocycles. The number of carbonyl (C=O) groups excluding carboxylic acids is 3. The maximum Gasteiger partial charge on any atom is 0.340 e. The van der Waals surface area contributed by atoms with Crippen LogP contribution in [0.15, 0.2) is 54.6 Å². The second-order valence-electron chi connectivity index (χ2n) is 10.4. The molecule has 40 heavy (non-hydrogen) atoms. The summed E-state index contributed by atoms with van der Waals surface area (Å²) >= 11 is 0. The lowest BCUT2D eigenvalue weighted by molar-refractivity contribution is -0.146. The predicted octanol–water partition coefficient (Wildman–Crippen LogP) is 6.10. The average Bonchev–Trinajstić information content (AvgIpc) is 3.50. The Labute approximate surface area is 233 Å². The van der Waals surface area contributed by atoms with Gasteiger partial charge >= 0.3 is 11.9 Å². The van der Waals surface area contributed by atoms with E-state index in [0.29, 0.717) is 29.2 Å². The molecule has 1 aliphatic heterocycles. The van der Waals surface area contributed by atoms with E-state index >= 15 is 0 Å². The Morgan fingerprint density at radius 2 is 1.70 bits per heavy atom. The standard InChI is InChI=1S/C32H33FN2O5/c1-4-40-32(38)24-19(2)35(18-20-10-6-5-7-11-20)30-27(29(24)36)25(21-14-16-23(33)17-15-21)26(31(37)39-3)28(34-30)22-12-8-9-13-22/h5-7,10-11,14-17,19,22,24H,4,8-9,12-13,18H2,1-3H3. The molecule has 7 nitrogen and oxygen atoms in total. The third kappa shape index (κ3) is 4.98. The van der Waals surface area contributed by atoms with E-state index in [-0.39, 0.29) is 23.7 Å². The van der Waals surface area contributed by atoms with Gasteiger partial charge in [-0.3, -0.25) is 9.59 Å². The molecular weight excluding hydrogens is 511 g/mol. The first-order valence-corrected chi connectivity index (χ1v) is 13.8. The van der Waals surface area contributed by atoms with Gasteiger partial charge in [0.05, 0.1) is 30.5 Å².